The molecule has 0 aromatic carbocycles. The molecule has 0 atom stereocenters. The quantitative estimate of drug-likeness (QED) is 0.660. The maximum absolute atomic E-state index is 12.2. The summed E-state index contributed by atoms with van der Waals surface area (Å²) < 4.78 is 28.7. The molecule has 9 heteroatoms. The topological polar surface area (TPSA) is 119 Å². The zero-order chi connectivity index (χ0) is 14.8. The van der Waals surface area contributed by atoms with Crippen molar-refractivity contribution in [3.63, 3.8) is 0 Å². The normalized spacial score (nSPS) is 11.9. The fraction of sp³-hybridized carbons (Fsp3) is 0.455. The lowest BCUT2D eigenvalue weighted by Crippen LogP contribution is -2.27. The number of aromatic nitrogens is 4. The van der Waals surface area contributed by atoms with E-state index in [1.807, 2.05) is 19.3 Å². The fourth-order valence-electron chi connectivity index (χ4n) is 1.95. The first-order valence-corrected chi connectivity index (χ1v) is 7.64. The van der Waals surface area contributed by atoms with Crippen LogP contribution in [0.5, 0.6) is 0 Å². The maximum Gasteiger partial charge on any atom is 0.244 e. The number of aromatic amines is 1. The number of nitrogens with one attached hydrogen (secondary N) is 2. The number of rotatable bonds is 6. The molecular formula is C11H18N6O2S. The third kappa shape index (κ3) is 3.06. The van der Waals surface area contributed by atoms with E-state index in [4.69, 9.17) is 5.73 Å². The van der Waals surface area contributed by atoms with E-state index in [2.05, 4.69) is 20.0 Å². The van der Waals surface area contributed by atoms with E-state index in [0.29, 0.717) is 17.8 Å². The van der Waals surface area contributed by atoms with Gasteiger partial charge in [0, 0.05) is 32.8 Å². The van der Waals surface area contributed by atoms with Gasteiger partial charge in [-0.2, -0.15) is 10.2 Å². The van der Waals surface area contributed by atoms with Crippen molar-refractivity contribution in [3.8, 4) is 0 Å². The summed E-state index contributed by atoms with van der Waals surface area (Å²) >= 11 is 0. The molecule has 0 aliphatic heterocycles. The van der Waals surface area contributed by atoms with Gasteiger partial charge in [-0.3, -0.25) is 9.78 Å². The number of sulfonamides is 1. The molecule has 0 saturated heterocycles. The predicted octanol–water partition coefficient (Wildman–Crippen LogP) is -0.569. The average Bonchev–Trinajstić information content (AvgIpc) is 2.95. The van der Waals surface area contributed by atoms with Crippen molar-refractivity contribution in [3.05, 3.63) is 29.3 Å². The van der Waals surface area contributed by atoms with Gasteiger partial charge in [0.1, 0.15) is 4.90 Å². The third-order valence-corrected chi connectivity index (χ3v) is 4.53. The van der Waals surface area contributed by atoms with Gasteiger partial charge in [0.25, 0.3) is 0 Å². The van der Waals surface area contributed by atoms with Crippen LogP contribution in [0.3, 0.4) is 0 Å². The van der Waals surface area contributed by atoms with Gasteiger partial charge >= 0.3 is 0 Å². The molecule has 2 aromatic rings. The standard InChI is InChI=1S/C11H18N6O2S/c1-8-11(10(7-12)15-14-8)20(18,19)13-5-3-9-4-6-17(2)16-9/h4,6,13H,3,5,7,12H2,1-2H3,(H,14,15). The van der Waals surface area contributed by atoms with Crippen molar-refractivity contribution in [2.24, 2.45) is 12.8 Å². The molecule has 110 valence electrons. The van der Waals surface area contributed by atoms with E-state index in [-0.39, 0.29) is 18.0 Å². The Kier molecular flexibility index (Phi) is 4.21. The van der Waals surface area contributed by atoms with Crippen LogP contribution in [0.1, 0.15) is 17.1 Å². The summed E-state index contributed by atoms with van der Waals surface area (Å²) in [4.78, 5) is 0.140. The van der Waals surface area contributed by atoms with E-state index in [1.54, 1.807) is 11.6 Å². The summed E-state index contributed by atoms with van der Waals surface area (Å²) in [5.41, 5.74) is 7.15. The molecule has 0 fully saturated rings. The Morgan fingerprint density at radius 3 is 2.85 bits per heavy atom. The summed E-state index contributed by atoms with van der Waals surface area (Å²) in [7, 11) is -1.80. The zero-order valence-electron chi connectivity index (χ0n) is 11.4. The number of hydrogen-bond acceptors (Lipinski definition) is 5. The minimum atomic E-state index is -3.61. The van der Waals surface area contributed by atoms with Crippen LogP contribution in [-0.4, -0.2) is 34.9 Å². The molecule has 0 aliphatic rings. The van der Waals surface area contributed by atoms with Crippen LogP contribution in [-0.2, 0) is 30.0 Å². The second-order valence-electron chi connectivity index (χ2n) is 4.46. The largest absolute Gasteiger partial charge is 0.325 e. The molecule has 0 saturated carbocycles. The molecular weight excluding hydrogens is 280 g/mol. The highest BCUT2D eigenvalue weighted by molar-refractivity contribution is 7.89. The molecule has 20 heavy (non-hydrogen) atoms. The lowest BCUT2D eigenvalue weighted by Gasteiger charge is -2.06. The van der Waals surface area contributed by atoms with Gasteiger partial charge in [-0.1, -0.05) is 0 Å². The Morgan fingerprint density at radius 2 is 2.25 bits per heavy atom. The average molecular weight is 298 g/mol. The van der Waals surface area contributed by atoms with Crippen molar-refractivity contribution in [1.82, 2.24) is 24.7 Å². The maximum atomic E-state index is 12.2. The van der Waals surface area contributed by atoms with Crippen molar-refractivity contribution in [2.45, 2.75) is 24.8 Å². The van der Waals surface area contributed by atoms with E-state index in [0.717, 1.165) is 5.69 Å². The Bertz CT molecular complexity index is 688. The molecule has 4 N–H and O–H groups in total. The minimum absolute atomic E-state index is 0.0703. The predicted molar refractivity (Wildman–Crippen MR) is 73.3 cm³/mol. The monoisotopic (exact) mass is 298 g/mol. The van der Waals surface area contributed by atoms with Crippen LogP contribution >= 0.6 is 0 Å². The number of aryl methyl sites for hydroxylation is 2. The number of nitrogens with two attached hydrogens (primary N) is 1. The van der Waals surface area contributed by atoms with Gasteiger partial charge < -0.3 is 5.73 Å². The van der Waals surface area contributed by atoms with Crippen LogP contribution in [0.4, 0.5) is 0 Å². The van der Waals surface area contributed by atoms with Gasteiger partial charge in [0.05, 0.1) is 17.1 Å². The molecule has 0 unspecified atom stereocenters. The van der Waals surface area contributed by atoms with Crippen LogP contribution in [0.15, 0.2) is 17.2 Å². The van der Waals surface area contributed by atoms with Gasteiger partial charge in [-0.05, 0) is 13.0 Å². The highest BCUT2D eigenvalue weighted by Crippen LogP contribution is 2.16. The van der Waals surface area contributed by atoms with E-state index in [1.165, 1.54) is 0 Å². The van der Waals surface area contributed by atoms with Crippen molar-refractivity contribution in [1.29, 1.82) is 0 Å². The van der Waals surface area contributed by atoms with Crippen LogP contribution in [0.2, 0.25) is 0 Å². The van der Waals surface area contributed by atoms with E-state index >= 15 is 0 Å². The smallest absolute Gasteiger partial charge is 0.244 e. The highest BCUT2D eigenvalue weighted by atomic mass is 32.2. The first-order chi connectivity index (χ1) is 9.44. The zero-order valence-corrected chi connectivity index (χ0v) is 12.2. The molecule has 2 rings (SSSR count). The Labute approximate surface area is 117 Å². The van der Waals surface area contributed by atoms with Crippen LogP contribution < -0.4 is 10.5 Å². The lowest BCUT2D eigenvalue weighted by molar-refractivity contribution is 0.579. The summed E-state index contributed by atoms with van der Waals surface area (Å²) in [5.74, 6) is 0. The molecule has 0 spiro atoms. The molecule has 0 aliphatic carbocycles. The number of nitrogens with zero attached hydrogens (tertiary/aromatic N) is 3. The minimum Gasteiger partial charge on any atom is -0.325 e. The molecule has 8 nitrogen and oxygen atoms in total. The summed E-state index contributed by atoms with van der Waals surface area (Å²) in [6.45, 7) is 1.99. The third-order valence-electron chi connectivity index (χ3n) is 2.87. The van der Waals surface area contributed by atoms with Crippen molar-refractivity contribution < 1.29 is 8.42 Å². The number of hydrogen-bond donors (Lipinski definition) is 3. The molecule has 0 radical (unpaired) electrons. The van der Waals surface area contributed by atoms with Gasteiger partial charge in [0.15, 0.2) is 0 Å². The summed E-state index contributed by atoms with van der Waals surface area (Å²) in [6.07, 6.45) is 2.34. The van der Waals surface area contributed by atoms with Gasteiger partial charge in [-0.25, -0.2) is 13.1 Å². The van der Waals surface area contributed by atoms with Crippen molar-refractivity contribution in [2.75, 3.05) is 6.54 Å². The molecule has 2 aromatic heterocycles. The van der Waals surface area contributed by atoms with Gasteiger partial charge in [0.2, 0.25) is 10.0 Å². The number of H-pyrrole nitrogens is 1. The van der Waals surface area contributed by atoms with E-state index < -0.39 is 10.0 Å². The lowest BCUT2D eigenvalue weighted by atomic mass is 10.3. The van der Waals surface area contributed by atoms with Crippen LogP contribution in [0, 0.1) is 6.92 Å². The SMILES string of the molecule is Cc1[nH]nc(CN)c1S(=O)(=O)NCCc1ccn(C)n1. The Morgan fingerprint density at radius 1 is 1.50 bits per heavy atom. The molecule has 0 amide bonds. The Balaban J connectivity index is 2.06. The second-order valence-corrected chi connectivity index (χ2v) is 6.16. The van der Waals surface area contributed by atoms with E-state index in [9.17, 15) is 8.42 Å². The van der Waals surface area contributed by atoms with Crippen LogP contribution in [0.25, 0.3) is 0 Å². The van der Waals surface area contributed by atoms with Gasteiger partial charge in [-0.15, -0.1) is 0 Å². The summed E-state index contributed by atoms with van der Waals surface area (Å²) in [5, 5.41) is 10.7. The second kappa shape index (κ2) is 5.73. The highest BCUT2D eigenvalue weighted by Gasteiger charge is 2.23. The molecule has 0 bridgehead atoms. The molecule has 2 heterocycles. The fourth-order valence-corrected chi connectivity index (χ4v) is 3.35. The van der Waals surface area contributed by atoms with Crippen molar-refractivity contribution >= 4 is 10.0 Å². The summed E-state index contributed by atoms with van der Waals surface area (Å²) in [6, 6.07) is 1.85. The Hall–Kier alpha value is -1.71. The first-order valence-electron chi connectivity index (χ1n) is 6.16. The first kappa shape index (κ1) is 14.7.